The van der Waals surface area contributed by atoms with E-state index in [1.807, 2.05) is 13.8 Å². The number of pyridine rings is 2. The van der Waals surface area contributed by atoms with Gasteiger partial charge in [0, 0.05) is 24.4 Å². The molecule has 0 atom stereocenters. The van der Waals surface area contributed by atoms with E-state index >= 15 is 0 Å². The predicted molar refractivity (Wildman–Crippen MR) is 132 cm³/mol. The Morgan fingerprint density at radius 3 is 2.56 bits per heavy atom. The lowest BCUT2D eigenvalue weighted by molar-refractivity contribution is 0.403. The predicted octanol–water partition coefficient (Wildman–Crippen LogP) is 3.94. The molecule has 0 fully saturated rings. The van der Waals surface area contributed by atoms with E-state index in [0.29, 0.717) is 5.82 Å². The van der Waals surface area contributed by atoms with Gasteiger partial charge in [0.1, 0.15) is 34.3 Å². The first-order chi connectivity index (χ1) is 17.2. The molecule has 5 rings (SSSR count). The molecular formula is C24H19ClF2N6O3. The molecular weight excluding hydrogens is 494 g/mol. The van der Waals surface area contributed by atoms with Crippen LogP contribution in [0.25, 0.3) is 28.1 Å². The van der Waals surface area contributed by atoms with Crippen LogP contribution < -0.4 is 21.3 Å². The van der Waals surface area contributed by atoms with Gasteiger partial charge in [0.15, 0.2) is 0 Å². The molecule has 4 heterocycles. The summed E-state index contributed by atoms with van der Waals surface area (Å²) < 4.78 is 36.6. The zero-order valence-corrected chi connectivity index (χ0v) is 20.0. The van der Waals surface area contributed by atoms with E-state index in [1.54, 1.807) is 0 Å². The molecule has 0 radical (unpaired) electrons. The first-order valence-corrected chi connectivity index (χ1v) is 11.2. The minimum absolute atomic E-state index is 0.0103. The van der Waals surface area contributed by atoms with Crippen LogP contribution in [0.2, 0.25) is 5.02 Å². The number of ether oxygens (including phenoxy) is 1. The summed E-state index contributed by atoms with van der Waals surface area (Å²) in [5, 5.41) is 2.91. The number of benzene rings is 1. The zero-order valence-electron chi connectivity index (χ0n) is 19.3. The number of hydrogen-bond acceptors (Lipinski definition) is 6. The van der Waals surface area contributed by atoms with Crippen LogP contribution in [0, 0.1) is 11.6 Å². The van der Waals surface area contributed by atoms with Gasteiger partial charge in [-0.3, -0.25) is 13.8 Å². The van der Waals surface area contributed by atoms with Crippen molar-refractivity contribution >= 4 is 34.0 Å². The third-order valence-corrected chi connectivity index (χ3v) is 5.77. The maximum atomic E-state index is 14.0. The molecule has 0 unspecified atom stereocenters. The number of methoxy groups -OCH3 is 1. The minimum atomic E-state index is -0.787. The average molecular weight is 513 g/mol. The van der Waals surface area contributed by atoms with Crippen LogP contribution >= 0.6 is 11.6 Å². The molecule has 0 aliphatic heterocycles. The zero-order chi connectivity index (χ0) is 25.7. The SMILES string of the molecule is COc1nc(NC(C)C)cc2c1c(=O)n(-c1cnc3cc(F)ccn13)c(=O)n2-c1ccc(F)c(Cl)c1. The highest BCUT2D eigenvalue weighted by Gasteiger charge is 2.23. The normalized spacial score (nSPS) is 11.5. The molecule has 0 amide bonds. The van der Waals surface area contributed by atoms with Crippen LogP contribution in [-0.2, 0) is 0 Å². The van der Waals surface area contributed by atoms with E-state index in [0.717, 1.165) is 10.6 Å². The van der Waals surface area contributed by atoms with Crippen molar-refractivity contribution in [3.05, 3.63) is 86.3 Å². The van der Waals surface area contributed by atoms with Gasteiger partial charge >= 0.3 is 5.69 Å². The van der Waals surface area contributed by atoms with Crippen molar-refractivity contribution in [1.82, 2.24) is 23.5 Å². The van der Waals surface area contributed by atoms with Crippen LogP contribution in [0.5, 0.6) is 5.88 Å². The lowest BCUT2D eigenvalue weighted by Crippen LogP contribution is -2.39. The van der Waals surface area contributed by atoms with Crippen molar-refractivity contribution in [3.8, 4) is 17.4 Å². The van der Waals surface area contributed by atoms with Gasteiger partial charge in [0.25, 0.3) is 5.56 Å². The Kier molecular flexibility index (Phi) is 5.71. The summed E-state index contributed by atoms with van der Waals surface area (Å²) in [5.74, 6) is -0.805. The summed E-state index contributed by atoms with van der Waals surface area (Å²) in [6, 6.07) is 7.62. The molecule has 0 saturated carbocycles. The summed E-state index contributed by atoms with van der Waals surface area (Å²) in [6.07, 6.45) is 2.63. The molecule has 5 aromatic rings. The molecule has 0 spiro atoms. The highest BCUT2D eigenvalue weighted by molar-refractivity contribution is 6.30. The van der Waals surface area contributed by atoms with Crippen LogP contribution in [0.4, 0.5) is 14.6 Å². The van der Waals surface area contributed by atoms with Crippen molar-refractivity contribution in [2.75, 3.05) is 12.4 Å². The second kappa shape index (κ2) is 8.76. The molecule has 12 heteroatoms. The number of nitrogens with zero attached hydrogens (tertiary/aromatic N) is 5. The van der Waals surface area contributed by atoms with Gasteiger partial charge < -0.3 is 10.1 Å². The largest absolute Gasteiger partial charge is 0.480 e. The third kappa shape index (κ3) is 3.77. The average Bonchev–Trinajstić information content (AvgIpc) is 3.23. The third-order valence-electron chi connectivity index (χ3n) is 5.48. The van der Waals surface area contributed by atoms with E-state index < -0.39 is 22.9 Å². The summed E-state index contributed by atoms with van der Waals surface area (Å²) in [6.45, 7) is 3.80. The second-order valence-corrected chi connectivity index (χ2v) is 8.66. The van der Waals surface area contributed by atoms with Crippen LogP contribution in [0.1, 0.15) is 13.8 Å². The smallest absolute Gasteiger partial charge is 0.342 e. The lowest BCUT2D eigenvalue weighted by Gasteiger charge is -2.17. The number of aromatic nitrogens is 5. The molecule has 184 valence electrons. The maximum Gasteiger partial charge on any atom is 0.342 e. The molecule has 9 nitrogen and oxygen atoms in total. The molecule has 4 aromatic heterocycles. The standard InChI is InChI=1S/C24H19ClF2N6O3/c1-12(2)29-18-10-17-21(22(30-18)36-3)23(34)33(20-11-28-19-8-13(26)6-7-31(19)20)24(35)32(17)14-4-5-16(27)15(25)9-14/h4-12H,1-3H3,(H,29,30). The molecule has 1 N–H and O–H groups in total. The van der Waals surface area contributed by atoms with Gasteiger partial charge in [-0.2, -0.15) is 4.98 Å². The van der Waals surface area contributed by atoms with Crippen molar-refractivity contribution in [2.45, 2.75) is 19.9 Å². The van der Waals surface area contributed by atoms with Crippen LogP contribution in [0.15, 0.2) is 58.4 Å². The Morgan fingerprint density at radius 1 is 1.08 bits per heavy atom. The minimum Gasteiger partial charge on any atom is -0.480 e. The number of rotatable bonds is 5. The Balaban J connectivity index is 1.96. The highest BCUT2D eigenvalue weighted by atomic mass is 35.5. The Morgan fingerprint density at radius 2 is 1.86 bits per heavy atom. The molecule has 0 aliphatic rings. The topological polar surface area (TPSA) is 95.4 Å². The molecule has 1 aromatic carbocycles. The number of imidazole rings is 1. The molecule has 0 saturated heterocycles. The number of halogens is 3. The highest BCUT2D eigenvalue weighted by Crippen LogP contribution is 2.27. The van der Waals surface area contributed by atoms with Gasteiger partial charge in [0.05, 0.1) is 29.5 Å². The van der Waals surface area contributed by atoms with Gasteiger partial charge in [-0.15, -0.1) is 0 Å². The number of fused-ring (bicyclic) bond motifs is 2. The van der Waals surface area contributed by atoms with Crippen LogP contribution in [0.3, 0.4) is 0 Å². The van der Waals surface area contributed by atoms with E-state index in [4.69, 9.17) is 16.3 Å². The molecule has 0 bridgehead atoms. The molecule has 0 aliphatic carbocycles. The van der Waals surface area contributed by atoms with Gasteiger partial charge in [0.2, 0.25) is 5.88 Å². The fourth-order valence-electron chi connectivity index (χ4n) is 3.99. The Bertz CT molecular complexity index is 1780. The van der Waals surface area contributed by atoms with E-state index in [-0.39, 0.29) is 45.0 Å². The van der Waals surface area contributed by atoms with Crippen molar-refractivity contribution in [3.63, 3.8) is 0 Å². The summed E-state index contributed by atoms with van der Waals surface area (Å²) in [7, 11) is 1.35. The lowest BCUT2D eigenvalue weighted by atomic mass is 10.2. The number of hydrogen-bond donors (Lipinski definition) is 1. The van der Waals surface area contributed by atoms with Crippen molar-refractivity contribution in [2.24, 2.45) is 0 Å². The van der Waals surface area contributed by atoms with E-state index in [9.17, 15) is 18.4 Å². The van der Waals surface area contributed by atoms with Crippen molar-refractivity contribution in [1.29, 1.82) is 0 Å². The van der Waals surface area contributed by atoms with Crippen LogP contribution in [-0.4, -0.2) is 36.7 Å². The Labute approximate surface area is 207 Å². The molecule has 36 heavy (non-hydrogen) atoms. The second-order valence-electron chi connectivity index (χ2n) is 8.26. The van der Waals surface area contributed by atoms with E-state index in [2.05, 4.69) is 15.3 Å². The number of anilines is 1. The van der Waals surface area contributed by atoms with Gasteiger partial charge in [-0.05, 0) is 38.1 Å². The van der Waals surface area contributed by atoms with Gasteiger partial charge in [-0.25, -0.2) is 23.1 Å². The monoisotopic (exact) mass is 512 g/mol. The summed E-state index contributed by atoms with van der Waals surface area (Å²) >= 11 is 6.03. The summed E-state index contributed by atoms with van der Waals surface area (Å²) in [4.78, 5) is 36.2. The van der Waals surface area contributed by atoms with Gasteiger partial charge in [-0.1, -0.05) is 11.6 Å². The number of nitrogens with one attached hydrogen (secondary N) is 1. The maximum absolute atomic E-state index is 14.0. The first kappa shape index (κ1) is 23.5. The fraction of sp³-hybridized carbons (Fsp3) is 0.167. The van der Waals surface area contributed by atoms with E-state index in [1.165, 1.54) is 58.8 Å². The fourth-order valence-corrected chi connectivity index (χ4v) is 4.16. The Hall–Kier alpha value is -4.25. The quantitative estimate of drug-likeness (QED) is 0.383. The van der Waals surface area contributed by atoms with Crippen molar-refractivity contribution < 1.29 is 13.5 Å². The first-order valence-electron chi connectivity index (χ1n) is 10.8. The summed E-state index contributed by atoms with van der Waals surface area (Å²) in [5.41, 5.74) is -0.960.